The monoisotopic (exact) mass is 206 g/mol. The van der Waals surface area contributed by atoms with E-state index in [0.717, 1.165) is 6.54 Å². The summed E-state index contributed by atoms with van der Waals surface area (Å²) < 4.78 is 4.72. The van der Waals surface area contributed by atoms with Crippen LogP contribution in [0, 0.1) is 15.3 Å². The average molecular weight is 206 g/mol. The molecule has 0 aliphatic rings. The standard InChI is InChI=1S/C7H13NO2.NO3/c1-4-7(9)10-6-5-8(2)3;2-1(3)4/h4H,1,5-6H2,2-3H3;/q;-1/p+1. The molecular formula is C7H14N2O5. The van der Waals surface area contributed by atoms with Crippen molar-refractivity contribution >= 4 is 5.97 Å². The summed E-state index contributed by atoms with van der Waals surface area (Å²) in [6, 6.07) is 0. The molecule has 1 N–H and O–H groups in total. The molecule has 0 saturated heterocycles. The van der Waals surface area contributed by atoms with Crippen molar-refractivity contribution in [2.24, 2.45) is 0 Å². The smallest absolute Gasteiger partial charge is 0.330 e. The van der Waals surface area contributed by atoms with Gasteiger partial charge in [0.25, 0.3) is 0 Å². The van der Waals surface area contributed by atoms with Gasteiger partial charge in [-0.15, -0.1) is 0 Å². The van der Waals surface area contributed by atoms with Crippen molar-refractivity contribution in [3.63, 3.8) is 0 Å². The number of rotatable bonds is 4. The summed E-state index contributed by atoms with van der Waals surface area (Å²) in [6.45, 7) is 4.58. The van der Waals surface area contributed by atoms with Crippen LogP contribution in [0.4, 0.5) is 0 Å². The van der Waals surface area contributed by atoms with Gasteiger partial charge in [0.2, 0.25) is 0 Å². The van der Waals surface area contributed by atoms with Crippen LogP contribution in [0.1, 0.15) is 0 Å². The van der Waals surface area contributed by atoms with Crippen LogP contribution < -0.4 is 4.90 Å². The van der Waals surface area contributed by atoms with Crippen molar-refractivity contribution in [3.8, 4) is 0 Å². The molecule has 0 fully saturated rings. The molecule has 14 heavy (non-hydrogen) atoms. The van der Waals surface area contributed by atoms with E-state index in [0.29, 0.717) is 6.61 Å². The van der Waals surface area contributed by atoms with Crippen LogP contribution in [0.2, 0.25) is 0 Å². The lowest BCUT2D eigenvalue weighted by Gasteiger charge is -2.05. The van der Waals surface area contributed by atoms with Crippen molar-refractivity contribution in [2.45, 2.75) is 0 Å². The van der Waals surface area contributed by atoms with Crippen LogP contribution in [0.15, 0.2) is 12.7 Å². The summed E-state index contributed by atoms with van der Waals surface area (Å²) in [4.78, 5) is 20.0. The molecule has 0 bridgehead atoms. The summed E-state index contributed by atoms with van der Waals surface area (Å²) in [7, 11) is 4.00. The summed E-state index contributed by atoms with van der Waals surface area (Å²) >= 11 is 0. The minimum Gasteiger partial charge on any atom is -0.457 e. The fourth-order valence-electron chi connectivity index (χ4n) is 0.415. The molecule has 0 saturated carbocycles. The van der Waals surface area contributed by atoms with Crippen molar-refractivity contribution in [3.05, 3.63) is 28.0 Å². The van der Waals surface area contributed by atoms with Gasteiger partial charge >= 0.3 is 5.97 Å². The number of hydrogen-bond donors (Lipinski definition) is 1. The first kappa shape index (κ1) is 14.9. The van der Waals surface area contributed by atoms with Gasteiger partial charge in [0.05, 0.1) is 19.2 Å². The van der Waals surface area contributed by atoms with Gasteiger partial charge in [-0.05, 0) is 0 Å². The lowest BCUT2D eigenvalue weighted by atomic mass is 10.6. The van der Waals surface area contributed by atoms with E-state index < -0.39 is 5.09 Å². The molecule has 7 nitrogen and oxygen atoms in total. The molecule has 0 aromatic rings. The first-order valence-electron chi connectivity index (χ1n) is 3.80. The molecule has 0 spiro atoms. The van der Waals surface area contributed by atoms with Gasteiger partial charge in [-0.2, -0.15) is 0 Å². The van der Waals surface area contributed by atoms with Crippen molar-refractivity contribution < 1.29 is 19.5 Å². The van der Waals surface area contributed by atoms with Gasteiger partial charge in [-0.3, -0.25) is 0 Å². The maximum Gasteiger partial charge on any atom is 0.330 e. The van der Waals surface area contributed by atoms with Gasteiger partial charge in [0, 0.05) is 6.08 Å². The second kappa shape index (κ2) is 9.46. The molecule has 0 aliphatic carbocycles. The Morgan fingerprint density at radius 2 is 2.00 bits per heavy atom. The first-order chi connectivity index (χ1) is 6.40. The van der Waals surface area contributed by atoms with E-state index in [4.69, 9.17) is 20.1 Å². The van der Waals surface area contributed by atoms with Crippen molar-refractivity contribution in [1.82, 2.24) is 0 Å². The van der Waals surface area contributed by atoms with E-state index in [9.17, 15) is 4.79 Å². The molecule has 0 heterocycles. The molecule has 0 atom stereocenters. The molecule has 82 valence electrons. The van der Waals surface area contributed by atoms with Gasteiger partial charge in [0.15, 0.2) is 0 Å². The lowest BCUT2D eigenvalue weighted by Crippen LogP contribution is -3.06. The number of hydrogen-bond acceptors (Lipinski definition) is 5. The predicted octanol–water partition coefficient (Wildman–Crippen LogP) is -1.38. The molecule has 0 aromatic carbocycles. The van der Waals surface area contributed by atoms with Crippen LogP contribution >= 0.6 is 0 Å². The van der Waals surface area contributed by atoms with Gasteiger partial charge in [-0.1, -0.05) is 6.58 Å². The van der Waals surface area contributed by atoms with Gasteiger partial charge in [-0.25, -0.2) is 4.79 Å². The molecule has 0 aromatic heterocycles. The Bertz CT molecular complexity index is 189. The summed E-state index contributed by atoms with van der Waals surface area (Å²) in [5.41, 5.74) is 0. The molecule has 0 radical (unpaired) electrons. The normalized spacial score (nSPS) is 8.50. The number of carbonyl (C=O) groups is 1. The Hall–Kier alpha value is -1.63. The third-order valence-electron chi connectivity index (χ3n) is 1.01. The molecule has 0 unspecified atom stereocenters. The Morgan fingerprint density at radius 3 is 2.29 bits per heavy atom. The Balaban J connectivity index is 0. The number of nitrogens with one attached hydrogen (secondary N) is 1. The summed E-state index contributed by atoms with van der Waals surface area (Å²) in [5, 5.41) is 14.8. The number of carbonyl (C=O) groups excluding carboxylic acids is 1. The fraction of sp³-hybridized carbons (Fsp3) is 0.571. The number of quaternary nitrogens is 1. The third kappa shape index (κ3) is 22.4. The second-order valence-corrected chi connectivity index (χ2v) is 2.55. The van der Waals surface area contributed by atoms with Crippen molar-refractivity contribution in [2.75, 3.05) is 27.2 Å². The highest BCUT2D eigenvalue weighted by atomic mass is 16.9. The molecular weight excluding hydrogens is 192 g/mol. The summed E-state index contributed by atoms with van der Waals surface area (Å²) in [5.74, 6) is -0.346. The molecule has 7 heteroatoms. The van der Waals surface area contributed by atoms with Crippen LogP contribution in [0.25, 0.3) is 0 Å². The topological polar surface area (TPSA) is 96.9 Å². The van der Waals surface area contributed by atoms with Crippen LogP contribution in [-0.4, -0.2) is 38.3 Å². The van der Waals surface area contributed by atoms with Crippen LogP contribution in [-0.2, 0) is 9.53 Å². The highest BCUT2D eigenvalue weighted by Crippen LogP contribution is 1.74. The summed E-state index contributed by atoms with van der Waals surface area (Å²) in [6.07, 6.45) is 1.17. The SMILES string of the molecule is C=CC(=O)OCC[NH+](C)C.O=[N+]([O-])[O-]. The van der Waals surface area contributed by atoms with E-state index in [-0.39, 0.29) is 5.97 Å². The highest BCUT2D eigenvalue weighted by Gasteiger charge is 1.96. The zero-order valence-electron chi connectivity index (χ0n) is 8.19. The maximum atomic E-state index is 10.4. The highest BCUT2D eigenvalue weighted by molar-refractivity contribution is 5.81. The molecule has 0 rings (SSSR count). The van der Waals surface area contributed by atoms with E-state index in [2.05, 4.69) is 6.58 Å². The maximum absolute atomic E-state index is 10.4. The minimum absolute atomic E-state index is 0.346. The van der Waals surface area contributed by atoms with Gasteiger partial charge in [0.1, 0.15) is 13.2 Å². The van der Waals surface area contributed by atoms with Gasteiger partial charge < -0.3 is 25.0 Å². The molecule has 0 aliphatic heterocycles. The average Bonchev–Trinajstić information content (AvgIpc) is 2.02. The third-order valence-corrected chi connectivity index (χ3v) is 1.01. The lowest BCUT2D eigenvalue weighted by molar-refractivity contribution is -0.858. The Morgan fingerprint density at radius 1 is 1.57 bits per heavy atom. The quantitative estimate of drug-likeness (QED) is 0.264. The van der Waals surface area contributed by atoms with E-state index >= 15 is 0 Å². The largest absolute Gasteiger partial charge is 0.457 e. The number of ether oxygens (including phenoxy) is 1. The molecule has 0 amide bonds. The predicted molar refractivity (Wildman–Crippen MR) is 49.2 cm³/mol. The number of esters is 1. The number of likely N-dealkylation sites (N-methyl/N-ethyl adjacent to an activating group) is 1. The zero-order chi connectivity index (χ0) is 11.6. The second-order valence-electron chi connectivity index (χ2n) is 2.55. The number of nitrogens with zero attached hydrogens (tertiary/aromatic N) is 1. The fourth-order valence-corrected chi connectivity index (χ4v) is 0.415. The van der Waals surface area contributed by atoms with Crippen LogP contribution in [0.3, 0.4) is 0 Å². The van der Waals surface area contributed by atoms with E-state index in [1.807, 2.05) is 14.1 Å². The zero-order valence-corrected chi connectivity index (χ0v) is 8.19. The minimum atomic E-state index is -1.75. The Kier molecular flexibility index (Phi) is 10.0. The first-order valence-corrected chi connectivity index (χ1v) is 3.80. The Labute approximate surface area is 81.7 Å². The van der Waals surface area contributed by atoms with E-state index in [1.54, 1.807) is 0 Å². The van der Waals surface area contributed by atoms with E-state index in [1.165, 1.54) is 11.0 Å². The van der Waals surface area contributed by atoms with Crippen molar-refractivity contribution in [1.29, 1.82) is 0 Å². The van der Waals surface area contributed by atoms with Crippen LogP contribution in [0.5, 0.6) is 0 Å².